The fourth-order valence-corrected chi connectivity index (χ4v) is 6.74. The van der Waals surface area contributed by atoms with E-state index in [1.165, 1.54) is 95.9 Å². The van der Waals surface area contributed by atoms with Crippen LogP contribution < -0.4 is 0 Å². The Morgan fingerprint density at radius 2 is 0.950 bits per heavy atom. The number of fused-ring (bicyclic) bond motifs is 2. The van der Waals surface area contributed by atoms with Crippen LogP contribution in [0.15, 0.2) is 60.7 Å². The number of hydrogen-bond acceptors (Lipinski definition) is 4. The first-order valence-electron chi connectivity index (χ1n) is 15.0. The lowest BCUT2D eigenvalue weighted by molar-refractivity contribution is 0.667. The molecule has 2 heterocycles. The van der Waals surface area contributed by atoms with E-state index < -0.39 is 0 Å². The summed E-state index contributed by atoms with van der Waals surface area (Å²) in [5.41, 5.74) is 7.40. The summed E-state index contributed by atoms with van der Waals surface area (Å²) in [6, 6.07) is 22.3. The van der Waals surface area contributed by atoms with Crippen LogP contribution >= 0.6 is 22.7 Å². The predicted molar refractivity (Wildman–Crippen MR) is 179 cm³/mol. The molecule has 3 aromatic carbocycles. The highest BCUT2D eigenvalue weighted by atomic mass is 32.1. The number of thiazole rings is 2. The average Bonchev–Trinajstić information content (AvgIpc) is 3.57. The predicted octanol–water partition coefficient (Wildman–Crippen LogP) is 11.5. The van der Waals surface area contributed by atoms with Crippen LogP contribution in [0.3, 0.4) is 0 Å². The van der Waals surface area contributed by atoms with Gasteiger partial charge in [-0.05, 0) is 72.2 Å². The number of unbranched alkanes of at least 4 members (excludes halogenated alkanes) is 6. The maximum Gasteiger partial charge on any atom is 0.117 e. The number of hydrogen-bond donors (Lipinski definition) is 0. The molecule has 2 nitrogen and oxygen atoms in total. The third-order valence-corrected chi connectivity index (χ3v) is 9.33. The molecular formula is C36H40N2S2. The molecule has 0 spiro atoms. The van der Waals surface area contributed by atoms with Gasteiger partial charge in [0.05, 0.1) is 20.4 Å². The third kappa shape index (κ3) is 7.99. The summed E-state index contributed by atoms with van der Waals surface area (Å²) in [5.74, 6) is 0. The Bertz CT molecular complexity index is 1390. The van der Waals surface area contributed by atoms with Crippen LogP contribution in [-0.4, -0.2) is 9.97 Å². The first kappa shape index (κ1) is 28.4. The van der Waals surface area contributed by atoms with Crippen LogP contribution in [0.5, 0.6) is 0 Å². The van der Waals surface area contributed by atoms with E-state index in [4.69, 9.17) is 9.97 Å². The molecule has 0 aliphatic carbocycles. The van der Waals surface area contributed by atoms with Gasteiger partial charge in [0.1, 0.15) is 10.0 Å². The SMILES string of the molecule is CCCCCCc1ccc(C=Cc2nc3cc4sc(C=Cc5ccc(CCCCCC)cc5)nc4cc3s2)cc1. The summed E-state index contributed by atoms with van der Waals surface area (Å²) < 4.78 is 2.37. The molecule has 0 fully saturated rings. The Morgan fingerprint density at radius 1 is 0.525 bits per heavy atom. The fraction of sp³-hybridized carbons (Fsp3) is 0.333. The number of benzene rings is 3. The standard InChI is InChI=1S/C36H40N2S2/c1-3-5-7-9-11-27-13-17-29(18-14-27)21-23-35-37-31-25-34-32(26-33(31)39-35)38-36(40-34)24-22-30-19-15-28(16-20-30)12-10-8-6-4-2/h13-26H,3-12H2,1-2H3. The quantitative estimate of drug-likeness (QED) is 0.125. The van der Waals surface area contributed by atoms with Gasteiger partial charge in [-0.25, -0.2) is 9.97 Å². The van der Waals surface area contributed by atoms with Crippen molar-refractivity contribution in [2.45, 2.75) is 78.1 Å². The van der Waals surface area contributed by atoms with Gasteiger partial charge in [0, 0.05) is 0 Å². The van der Waals surface area contributed by atoms with Crippen molar-refractivity contribution in [3.63, 3.8) is 0 Å². The van der Waals surface area contributed by atoms with Crippen molar-refractivity contribution >= 4 is 67.4 Å². The van der Waals surface area contributed by atoms with E-state index in [-0.39, 0.29) is 0 Å². The summed E-state index contributed by atoms with van der Waals surface area (Å²) in [4.78, 5) is 9.78. The highest BCUT2D eigenvalue weighted by molar-refractivity contribution is 7.21. The van der Waals surface area contributed by atoms with E-state index in [9.17, 15) is 0 Å². The van der Waals surface area contributed by atoms with Crippen LogP contribution in [0, 0.1) is 0 Å². The zero-order valence-electron chi connectivity index (χ0n) is 23.9. The lowest BCUT2D eigenvalue weighted by atomic mass is 10.0. The normalized spacial score (nSPS) is 12.1. The van der Waals surface area contributed by atoms with Crippen molar-refractivity contribution in [1.82, 2.24) is 9.97 Å². The molecule has 5 rings (SSSR count). The van der Waals surface area contributed by atoms with E-state index in [1.54, 1.807) is 22.7 Å². The summed E-state index contributed by atoms with van der Waals surface area (Å²) in [5, 5.41) is 2.07. The summed E-state index contributed by atoms with van der Waals surface area (Å²) in [7, 11) is 0. The second kappa shape index (κ2) is 14.5. The summed E-state index contributed by atoms with van der Waals surface area (Å²) in [6.07, 6.45) is 21.4. The molecule has 2 aromatic heterocycles. The van der Waals surface area contributed by atoms with E-state index >= 15 is 0 Å². The van der Waals surface area contributed by atoms with Crippen molar-refractivity contribution in [3.05, 3.63) is 92.9 Å². The second-order valence-electron chi connectivity index (χ2n) is 10.7. The molecule has 5 aromatic rings. The minimum absolute atomic E-state index is 1.03. The first-order valence-corrected chi connectivity index (χ1v) is 16.6. The monoisotopic (exact) mass is 564 g/mol. The first-order chi connectivity index (χ1) is 19.7. The van der Waals surface area contributed by atoms with Gasteiger partial charge in [0.2, 0.25) is 0 Å². The van der Waals surface area contributed by atoms with Gasteiger partial charge in [-0.3, -0.25) is 0 Å². The molecule has 40 heavy (non-hydrogen) atoms. The molecule has 0 atom stereocenters. The van der Waals surface area contributed by atoms with Gasteiger partial charge in [-0.2, -0.15) is 0 Å². The zero-order valence-corrected chi connectivity index (χ0v) is 25.5. The van der Waals surface area contributed by atoms with Crippen molar-refractivity contribution < 1.29 is 0 Å². The topological polar surface area (TPSA) is 25.8 Å². The molecule has 0 bridgehead atoms. The van der Waals surface area contributed by atoms with Crippen LogP contribution in [0.1, 0.15) is 97.5 Å². The second-order valence-corrected chi connectivity index (χ2v) is 12.8. The molecule has 0 N–H and O–H groups in total. The summed E-state index contributed by atoms with van der Waals surface area (Å²) in [6.45, 7) is 4.52. The van der Waals surface area contributed by atoms with Crippen LogP contribution in [0.4, 0.5) is 0 Å². The van der Waals surface area contributed by atoms with Gasteiger partial charge in [0.15, 0.2) is 0 Å². The lowest BCUT2D eigenvalue weighted by Crippen LogP contribution is -1.85. The highest BCUT2D eigenvalue weighted by Crippen LogP contribution is 2.32. The fourth-order valence-electron chi connectivity index (χ4n) is 4.97. The van der Waals surface area contributed by atoms with E-state index in [1.807, 2.05) is 0 Å². The van der Waals surface area contributed by atoms with Crippen molar-refractivity contribution in [1.29, 1.82) is 0 Å². The Hall–Kier alpha value is -3.08. The minimum Gasteiger partial charge on any atom is -0.237 e. The van der Waals surface area contributed by atoms with Gasteiger partial charge in [-0.15, -0.1) is 22.7 Å². The molecule has 0 saturated carbocycles. The maximum absolute atomic E-state index is 4.89. The molecule has 0 aliphatic rings. The molecule has 0 saturated heterocycles. The van der Waals surface area contributed by atoms with Gasteiger partial charge < -0.3 is 0 Å². The number of aromatic nitrogens is 2. The van der Waals surface area contributed by atoms with Crippen LogP contribution in [-0.2, 0) is 12.8 Å². The lowest BCUT2D eigenvalue weighted by Gasteiger charge is -2.01. The number of aryl methyl sites for hydroxylation is 2. The van der Waals surface area contributed by atoms with Crippen molar-refractivity contribution in [2.24, 2.45) is 0 Å². The molecule has 0 amide bonds. The van der Waals surface area contributed by atoms with E-state index in [0.29, 0.717) is 0 Å². The Kier molecular flexibility index (Phi) is 10.3. The Morgan fingerprint density at radius 3 is 1.35 bits per heavy atom. The van der Waals surface area contributed by atoms with Crippen LogP contribution in [0.25, 0.3) is 44.7 Å². The van der Waals surface area contributed by atoms with Gasteiger partial charge in [-0.1, -0.05) is 113 Å². The number of rotatable bonds is 14. The largest absolute Gasteiger partial charge is 0.237 e. The van der Waals surface area contributed by atoms with Gasteiger partial charge >= 0.3 is 0 Å². The van der Waals surface area contributed by atoms with Gasteiger partial charge in [0.25, 0.3) is 0 Å². The smallest absolute Gasteiger partial charge is 0.117 e. The zero-order chi connectivity index (χ0) is 27.6. The maximum atomic E-state index is 4.89. The highest BCUT2D eigenvalue weighted by Gasteiger charge is 2.08. The Balaban J connectivity index is 1.20. The van der Waals surface area contributed by atoms with E-state index in [0.717, 1.165) is 21.0 Å². The molecular weight excluding hydrogens is 525 g/mol. The molecule has 0 radical (unpaired) electrons. The molecule has 0 aliphatic heterocycles. The molecule has 206 valence electrons. The Labute approximate surface area is 247 Å². The number of nitrogens with zero attached hydrogens (tertiary/aromatic N) is 2. The average molecular weight is 565 g/mol. The third-order valence-electron chi connectivity index (χ3n) is 7.37. The molecule has 4 heteroatoms. The minimum atomic E-state index is 1.03. The summed E-state index contributed by atoms with van der Waals surface area (Å²) >= 11 is 3.46. The van der Waals surface area contributed by atoms with E-state index in [2.05, 4.69) is 98.8 Å². The molecule has 0 unspecified atom stereocenters. The van der Waals surface area contributed by atoms with Crippen LogP contribution in [0.2, 0.25) is 0 Å². The van der Waals surface area contributed by atoms with Crippen molar-refractivity contribution in [3.8, 4) is 0 Å². The van der Waals surface area contributed by atoms with Crippen molar-refractivity contribution in [2.75, 3.05) is 0 Å².